The summed E-state index contributed by atoms with van der Waals surface area (Å²) in [6.07, 6.45) is -4.39. The maximum absolute atomic E-state index is 12.2. The molecule has 0 unspecified atom stereocenters. The molecule has 0 saturated heterocycles. The molecule has 6 heteroatoms. The molecule has 0 aromatic heterocycles. The Kier molecular flexibility index (Phi) is 3.57. The van der Waals surface area contributed by atoms with E-state index in [9.17, 15) is 13.2 Å². The van der Waals surface area contributed by atoms with Crippen LogP contribution in [0.4, 0.5) is 13.2 Å². The summed E-state index contributed by atoms with van der Waals surface area (Å²) in [4.78, 5) is 4.57. The minimum absolute atomic E-state index is 0.000467. The Morgan fingerprint density at radius 1 is 1.40 bits per heavy atom. The number of rotatable bonds is 3. The fraction of sp³-hybridized carbons (Fsp3) is 0.222. The van der Waals surface area contributed by atoms with Gasteiger partial charge >= 0.3 is 6.18 Å². The monoisotopic (exact) mass is 237 g/mol. The molecule has 1 aromatic carbocycles. The van der Waals surface area contributed by atoms with Crippen molar-refractivity contribution in [3.8, 4) is 0 Å². The van der Waals surface area contributed by atoms with Gasteiger partial charge in [-0.3, -0.25) is 0 Å². The van der Waals surface area contributed by atoms with E-state index >= 15 is 0 Å². The summed E-state index contributed by atoms with van der Waals surface area (Å²) in [7, 11) is 0. The van der Waals surface area contributed by atoms with E-state index < -0.39 is 11.7 Å². The molecule has 15 heavy (non-hydrogen) atoms. The standard InChI is InChI=1S/C9H7ClF3NO/c1-14-15-5-6-2-3-7(4-8(6)10)9(11,12)13/h2-4H,1,5H2. The van der Waals surface area contributed by atoms with Crippen LogP contribution < -0.4 is 0 Å². The molecule has 1 rings (SSSR count). The van der Waals surface area contributed by atoms with Crippen LogP contribution in [-0.4, -0.2) is 6.72 Å². The zero-order valence-corrected chi connectivity index (χ0v) is 8.27. The summed E-state index contributed by atoms with van der Waals surface area (Å²) in [6.45, 7) is 3.07. The van der Waals surface area contributed by atoms with Crippen molar-refractivity contribution in [3.63, 3.8) is 0 Å². The highest BCUT2D eigenvalue weighted by Gasteiger charge is 2.30. The maximum atomic E-state index is 12.2. The van der Waals surface area contributed by atoms with E-state index in [4.69, 9.17) is 11.6 Å². The van der Waals surface area contributed by atoms with Crippen molar-refractivity contribution in [1.82, 2.24) is 0 Å². The summed E-state index contributed by atoms with van der Waals surface area (Å²) in [5.74, 6) is 0. The number of hydrogen-bond donors (Lipinski definition) is 0. The molecule has 0 fully saturated rings. The lowest BCUT2D eigenvalue weighted by Gasteiger charge is -2.09. The van der Waals surface area contributed by atoms with E-state index in [0.29, 0.717) is 5.56 Å². The molecule has 0 bridgehead atoms. The fourth-order valence-corrected chi connectivity index (χ4v) is 1.19. The number of benzene rings is 1. The lowest BCUT2D eigenvalue weighted by Crippen LogP contribution is -2.05. The van der Waals surface area contributed by atoms with Gasteiger partial charge in [0.2, 0.25) is 0 Å². The van der Waals surface area contributed by atoms with Crippen molar-refractivity contribution in [2.75, 3.05) is 0 Å². The van der Waals surface area contributed by atoms with Gasteiger partial charge < -0.3 is 4.84 Å². The average molecular weight is 238 g/mol. The topological polar surface area (TPSA) is 21.6 Å². The van der Waals surface area contributed by atoms with Gasteiger partial charge in [0.1, 0.15) is 6.61 Å². The summed E-state index contributed by atoms with van der Waals surface area (Å²) < 4.78 is 36.7. The molecule has 0 heterocycles. The van der Waals surface area contributed by atoms with Crippen molar-refractivity contribution in [2.45, 2.75) is 12.8 Å². The van der Waals surface area contributed by atoms with E-state index in [1.165, 1.54) is 6.07 Å². The van der Waals surface area contributed by atoms with Crippen LogP contribution in [0.2, 0.25) is 5.02 Å². The van der Waals surface area contributed by atoms with E-state index in [0.717, 1.165) is 12.1 Å². The molecule has 0 N–H and O–H groups in total. The Bertz CT molecular complexity index is 365. The van der Waals surface area contributed by atoms with E-state index in [1.54, 1.807) is 0 Å². The highest BCUT2D eigenvalue weighted by molar-refractivity contribution is 6.31. The predicted molar refractivity (Wildman–Crippen MR) is 50.8 cm³/mol. The van der Waals surface area contributed by atoms with Gasteiger partial charge in [0.05, 0.1) is 5.56 Å². The van der Waals surface area contributed by atoms with E-state index in [1.807, 2.05) is 0 Å². The summed E-state index contributed by atoms with van der Waals surface area (Å²) in [6, 6.07) is 3.04. The quantitative estimate of drug-likeness (QED) is 0.583. The number of hydrogen-bond acceptors (Lipinski definition) is 2. The summed E-state index contributed by atoms with van der Waals surface area (Å²) in [5.41, 5.74) is -0.361. The van der Waals surface area contributed by atoms with Crippen molar-refractivity contribution in [1.29, 1.82) is 0 Å². The highest BCUT2D eigenvalue weighted by Crippen LogP contribution is 2.32. The van der Waals surface area contributed by atoms with Gasteiger partial charge in [0.15, 0.2) is 0 Å². The molecular weight excluding hydrogens is 231 g/mol. The van der Waals surface area contributed by atoms with Crippen molar-refractivity contribution in [3.05, 3.63) is 34.3 Å². The van der Waals surface area contributed by atoms with E-state index in [2.05, 4.69) is 16.7 Å². The molecule has 0 atom stereocenters. The Balaban J connectivity index is 2.93. The zero-order valence-electron chi connectivity index (χ0n) is 7.51. The maximum Gasteiger partial charge on any atom is 0.416 e. The molecule has 1 aromatic rings. The largest absolute Gasteiger partial charge is 0.416 e. The predicted octanol–water partition coefficient (Wildman–Crippen LogP) is 3.49. The number of alkyl halides is 3. The van der Waals surface area contributed by atoms with Crippen molar-refractivity contribution in [2.24, 2.45) is 5.16 Å². The molecule has 0 aliphatic rings. The van der Waals surface area contributed by atoms with Crippen LogP contribution in [0.3, 0.4) is 0 Å². The first-order chi connectivity index (χ1) is 6.95. The van der Waals surface area contributed by atoms with Gasteiger partial charge in [-0.1, -0.05) is 17.7 Å². The lowest BCUT2D eigenvalue weighted by molar-refractivity contribution is -0.137. The lowest BCUT2D eigenvalue weighted by atomic mass is 10.1. The van der Waals surface area contributed by atoms with Gasteiger partial charge in [-0.05, 0) is 12.1 Å². The second-order valence-electron chi connectivity index (χ2n) is 2.71. The minimum Gasteiger partial charge on any atom is -0.391 e. The van der Waals surface area contributed by atoms with Gasteiger partial charge in [-0.25, -0.2) is 0 Å². The van der Waals surface area contributed by atoms with Gasteiger partial charge in [0, 0.05) is 17.3 Å². The molecule has 0 spiro atoms. The molecule has 0 aliphatic heterocycles. The van der Waals surface area contributed by atoms with Crippen molar-refractivity contribution < 1.29 is 18.0 Å². The Morgan fingerprint density at radius 2 is 2.07 bits per heavy atom. The minimum atomic E-state index is -4.39. The third-order valence-corrected chi connectivity index (χ3v) is 2.04. The average Bonchev–Trinajstić information content (AvgIpc) is 2.14. The molecule has 82 valence electrons. The second kappa shape index (κ2) is 4.53. The number of nitrogens with zero attached hydrogens (tertiary/aromatic N) is 1. The third-order valence-electron chi connectivity index (χ3n) is 1.69. The SMILES string of the molecule is C=NOCc1ccc(C(F)(F)F)cc1Cl. The van der Waals surface area contributed by atoms with Crippen LogP contribution in [0.1, 0.15) is 11.1 Å². The second-order valence-corrected chi connectivity index (χ2v) is 3.11. The third kappa shape index (κ3) is 3.13. The molecule has 0 amide bonds. The fourth-order valence-electron chi connectivity index (χ4n) is 0.956. The van der Waals surface area contributed by atoms with Crippen LogP contribution in [-0.2, 0) is 17.6 Å². The van der Waals surface area contributed by atoms with Crippen LogP contribution in [0.5, 0.6) is 0 Å². The molecule has 2 nitrogen and oxygen atoms in total. The molecule has 0 radical (unpaired) electrons. The first kappa shape index (κ1) is 11.8. The molecular formula is C9H7ClF3NO. The summed E-state index contributed by atoms with van der Waals surface area (Å²) >= 11 is 5.63. The smallest absolute Gasteiger partial charge is 0.391 e. The first-order valence-electron chi connectivity index (χ1n) is 3.88. The van der Waals surface area contributed by atoms with Crippen LogP contribution in [0.15, 0.2) is 23.4 Å². The van der Waals surface area contributed by atoms with Gasteiger partial charge in [-0.2, -0.15) is 13.2 Å². The van der Waals surface area contributed by atoms with Crippen LogP contribution >= 0.6 is 11.6 Å². The van der Waals surface area contributed by atoms with Crippen LogP contribution in [0, 0.1) is 0 Å². The van der Waals surface area contributed by atoms with Gasteiger partial charge in [-0.15, -0.1) is 5.16 Å². The van der Waals surface area contributed by atoms with Crippen LogP contribution in [0.25, 0.3) is 0 Å². The molecule has 0 aliphatic carbocycles. The summed E-state index contributed by atoms with van der Waals surface area (Å²) in [5, 5.41) is 3.11. The van der Waals surface area contributed by atoms with Crippen molar-refractivity contribution >= 4 is 18.3 Å². The zero-order chi connectivity index (χ0) is 11.5. The Labute approximate surface area is 89.3 Å². The normalized spacial score (nSPS) is 11.2. The molecule has 0 saturated carbocycles. The first-order valence-corrected chi connectivity index (χ1v) is 4.26. The van der Waals surface area contributed by atoms with Gasteiger partial charge in [0.25, 0.3) is 0 Å². The highest BCUT2D eigenvalue weighted by atomic mass is 35.5. The number of halogens is 4. The van der Waals surface area contributed by atoms with E-state index in [-0.39, 0.29) is 11.6 Å². The Morgan fingerprint density at radius 3 is 2.53 bits per heavy atom. The number of oxime groups is 1. The Hall–Kier alpha value is -1.23.